The van der Waals surface area contributed by atoms with Crippen molar-refractivity contribution in [3.8, 4) is 0 Å². The van der Waals surface area contributed by atoms with Gasteiger partial charge in [0.05, 0.1) is 12.3 Å². The summed E-state index contributed by atoms with van der Waals surface area (Å²) < 4.78 is 5.22. The SMILES string of the molecule is CCOCCNC(C)c1cnccn1. The molecule has 0 bridgehead atoms. The molecule has 0 saturated carbocycles. The van der Waals surface area contributed by atoms with Gasteiger partial charge in [-0.05, 0) is 13.8 Å². The fraction of sp³-hybridized carbons (Fsp3) is 0.600. The molecule has 14 heavy (non-hydrogen) atoms. The lowest BCUT2D eigenvalue weighted by molar-refractivity contribution is 0.147. The van der Waals surface area contributed by atoms with Gasteiger partial charge >= 0.3 is 0 Å². The standard InChI is InChI=1S/C10H17N3O/c1-3-14-7-6-12-9(2)10-8-11-4-5-13-10/h4-5,8-9,12H,3,6-7H2,1-2H3. The second-order valence-electron chi connectivity index (χ2n) is 3.00. The van der Waals surface area contributed by atoms with Gasteiger partial charge in [-0.1, -0.05) is 0 Å². The van der Waals surface area contributed by atoms with Gasteiger partial charge in [0.1, 0.15) is 0 Å². The molecule has 1 rings (SSSR count). The summed E-state index contributed by atoms with van der Waals surface area (Å²) in [5.74, 6) is 0. The van der Waals surface area contributed by atoms with Gasteiger partial charge in [0.15, 0.2) is 0 Å². The van der Waals surface area contributed by atoms with E-state index in [9.17, 15) is 0 Å². The third kappa shape index (κ3) is 3.81. The molecular weight excluding hydrogens is 178 g/mol. The summed E-state index contributed by atoms with van der Waals surface area (Å²) in [5, 5.41) is 3.31. The number of aromatic nitrogens is 2. The van der Waals surface area contributed by atoms with Gasteiger partial charge in [0.2, 0.25) is 0 Å². The van der Waals surface area contributed by atoms with Crippen LogP contribution >= 0.6 is 0 Å². The molecule has 1 N–H and O–H groups in total. The highest BCUT2D eigenvalue weighted by Gasteiger charge is 2.04. The van der Waals surface area contributed by atoms with Crippen LogP contribution in [0.2, 0.25) is 0 Å². The molecule has 0 saturated heterocycles. The average Bonchev–Trinajstić information content (AvgIpc) is 2.25. The Hall–Kier alpha value is -1.00. The van der Waals surface area contributed by atoms with Crippen LogP contribution in [0.3, 0.4) is 0 Å². The van der Waals surface area contributed by atoms with Crippen LogP contribution in [0.5, 0.6) is 0 Å². The Morgan fingerprint density at radius 3 is 3.00 bits per heavy atom. The van der Waals surface area contributed by atoms with Crippen LogP contribution in [0.4, 0.5) is 0 Å². The van der Waals surface area contributed by atoms with Gasteiger partial charge in [0, 0.05) is 37.8 Å². The molecule has 0 aliphatic rings. The maximum Gasteiger partial charge on any atom is 0.0753 e. The predicted molar refractivity (Wildman–Crippen MR) is 54.9 cm³/mol. The molecule has 1 atom stereocenters. The summed E-state index contributed by atoms with van der Waals surface area (Å²) in [6, 6.07) is 0.226. The topological polar surface area (TPSA) is 47.0 Å². The van der Waals surface area contributed by atoms with Crippen LogP contribution in [-0.4, -0.2) is 29.7 Å². The summed E-state index contributed by atoms with van der Waals surface area (Å²) in [6.07, 6.45) is 5.16. The largest absolute Gasteiger partial charge is 0.380 e. The molecule has 0 aliphatic heterocycles. The molecule has 4 heteroatoms. The lowest BCUT2D eigenvalue weighted by Gasteiger charge is -2.12. The fourth-order valence-corrected chi connectivity index (χ4v) is 1.13. The number of nitrogens with one attached hydrogen (secondary N) is 1. The Balaban J connectivity index is 2.25. The van der Waals surface area contributed by atoms with E-state index in [1.807, 2.05) is 6.92 Å². The zero-order valence-corrected chi connectivity index (χ0v) is 8.73. The van der Waals surface area contributed by atoms with E-state index in [0.717, 1.165) is 25.5 Å². The maximum absolute atomic E-state index is 5.22. The number of rotatable bonds is 6. The molecule has 4 nitrogen and oxygen atoms in total. The van der Waals surface area contributed by atoms with Crippen molar-refractivity contribution in [3.05, 3.63) is 24.3 Å². The minimum Gasteiger partial charge on any atom is -0.380 e. The monoisotopic (exact) mass is 195 g/mol. The first-order chi connectivity index (χ1) is 6.84. The highest BCUT2D eigenvalue weighted by atomic mass is 16.5. The van der Waals surface area contributed by atoms with Crippen LogP contribution in [0.25, 0.3) is 0 Å². The lowest BCUT2D eigenvalue weighted by atomic mass is 10.2. The molecule has 78 valence electrons. The molecular formula is C10H17N3O. The van der Waals surface area contributed by atoms with Crippen LogP contribution in [0.1, 0.15) is 25.6 Å². The van der Waals surface area contributed by atoms with E-state index in [1.54, 1.807) is 18.6 Å². The van der Waals surface area contributed by atoms with Gasteiger partial charge < -0.3 is 10.1 Å². The molecule has 0 radical (unpaired) electrons. The van der Waals surface area contributed by atoms with Gasteiger partial charge in [0.25, 0.3) is 0 Å². The lowest BCUT2D eigenvalue weighted by Crippen LogP contribution is -2.24. The molecule has 0 aromatic carbocycles. The van der Waals surface area contributed by atoms with Crippen molar-refractivity contribution >= 4 is 0 Å². The quantitative estimate of drug-likeness (QED) is 0.692. The van der Waals surface area contributed by atoms with E-state index in [1.165, 1.54) is 0 Å². The Bertz CT molecular complexity index is 240. The predicted octanol–water partition coefficient (Wildman–Crippen LogP) is 1.16. The number of hydrogen-bond acceptors (Lipinski definition) is 4. The molecule has 1 unspecified atom stereocenters. The number of nitrogens with zero attached hydrogens (tertiary/aromatic N) is 2. The average molecular weight is 195 g/mol. The summed E-state index contributed by atoms with van der Waals surface area (Å²) in [7, 11) is 0. The van der Waals surface area contributed by atoms with E-state index in [0.29, 0.717) is 0 Å². The van der Waals surface area contributed by atoms with E-state index in [-0.39, 0.29) is 6.04 Å². The van der Waals surface area contributed by atoms with Crippen LogP contribution in [0, 0.1) is 0 Å². The Labute approximate surface area is 84.7 Å². The van der Waals surface area contributed by atoms with Crippen LogP contribution in [0.15, 0.2) is 18.6 Å². The first-order valence-electron chi connectivity index (χ1n) is 4.91. The first kappa shape index (κ1) is 11.1. The van der Waals surface area contributed by atoms with Crippen molar-refractivity contribution in [2.24, 2.45) is 0 Å². The van der Waals surface area contributed by atoms with Crippen molar-refractivity contribution < 1.29 is 4.74 Å². The van der Waals surface area contributed by atoms with Crippen molar-refractivity contribution in [1.82, 2.24) is 15.3 Å². The maximum atomic E-state index is 5.22. The van der Waals surface area contributed by atoms with Crippen LogP contribution in [-0.2, 0) is 4.74 Å². The van der Waals surface area contributed by atoms with Gasteiger partial charge in [-0.3, -0.25) is 9.97 Å². The minimum atomic E-state index is 0.226. The van der Waals surface area contributed by atoms with Crippen molar-refractivity contribution in [2.45, 2.75) is 19.9 Å². The zero-order chi connectivity index (χ0) is 10.2. The summed E-state index contributed by atoms with van der Waals surface area (Å²) >= 11 is 0. The number of hydrogen-bond donors (Lipinski definition) is 1. The number of ether oxygens (including phenoxy) is 1. The Morgan fingerprint density at radius 1 is 1.50 bits per heavy atom. The molecule has 0 aliphatic carbocycles. The second-order valence-corrected chi connectivity index (χ2v) is 3.00. The second kappa shape index (κ2) is 6.45. The third-order valence-corrected chi connectivity index (χ3v) is 1.93. The normalized spacial score (nSPS) is 12.7. The summed E-state index contributed by atoms with van der Waals surface area (Å²) in [4.78, 5) is 8.23. The zero-order valence-electron chi connectivity index (χ0n) is 8.73. The van der Waals surface area contributed by atoms with Crippen molar-refractivity contribution in [3.63, 3.8) is 0 Å². The van der Waals surface area contributed by atoms with Gasteiger partial charge in [-0.25, -0.2) is 0 Å². The van der Waals surface area contributed by atoms with E-state index in [4.69, 9.17) is 4.74 Å². The fourth-order valence-electron chi connectivity index (χ4n) is 1.13. The van der Waals surface area contributed by atoms with Gasteiger partial charge in [-0.15, -0.1) is 0 Å². The smallest absolute Gasteiger partial charge is 0.0753 e. The minimum absolute atomic E-state index is 0.226. The molecule has 0 spiro atoms. The third-order valence-electron chi connectivity index (χ3n) is 1.93. The molecule has 1 aromatic heterocycles. The Kier molecular flexibility index (Phi) is 5.11. The van der Waals surface area contributed by atoms with Crippen LogP contribution < -0.4 is 5.32 Å². The highest BCUT2D eigenvalue weighted by Crippen LogP contribution is 2.05. The molecule has 1 heterocycles. The van der Waals surface area contributed by atoms with E-state index >= 15 is 0 Å². The van der Waals surface area contributed by atoms with E-state index in [2.05, 4.69) is 22.2 Å². The first-order valence-corrected chi connectivity index (χ1v) is 4.91. The molecule has 1 aromatic rings. The van der Waals surface area contributed by atoms with E-state index < -0.39 is 0 Å². The van der Waals surface area contributed by atoms with Crippen molar-refractivity contribution in [1.29, 1.82) is 0 Å². The highest BCUT2D eigenvalue weighted by molar-refractivity contribution is 5.00. The summed E-state index contributed by atoms with van der Waals surface area (Å²) in [6.45, 7) is 6.40. The van der Waals surface area contributed by atoms with Crippen molar-refractivity contribution in [2.75, 3.05) is 19.8 Å². The molecule has 0 amide bonds. The Morgan fingerprint density at radius 2 is 2.36 bits per heavy atom. The molecule has 0 fully saturated rings. The van der Waals surface area contributed by atoms with Gasteiger partial charge in [-0.2, -0.15) is 0 Å². The summed E-state index contributed by atoms with van der Waals surface area (Å²) in [5.41, 5.74) is 0.962.